The third kappa shape index (κ3) is 2.85. The molecule has 0 aliphatic rings. The van der Waals surface area contributed by atoms with Crippen LogP contribution in [0, 0.1) is 0 Å². The third-order valence-electron chi connectivity index (χ3n) is 2.95. The lowest BCUT2D eigenvalue weighted by atomic mass is 10.1. The fourth-order valence-electron chi connectivity index (χ4n) is 1.99. The Balaban J connectivity index is 0.000000774. The zero-order valence-electron chi connectivity index (χ0n) is 11.9. The van der Waals surface area contributed by atoms with E-state index in [1.54, 1.807) is 12.1 Å². The molecule has 0 amide bonds. The second-order valence-electron chi connectivity index (χ2n) is 4.16. The Morgan fingerprint density at radius 3 is 2.33 bits per heavy atom. The summed E-state index contributed by atoms with van der Waals surface area (Å²) in [5, 5.41) is 0.744. The normalized spacial score (nSPS) is 10.0. The summed E-state index contributed by atoms with van der Waals surface area (Å²) in [6.45, 7) is 4.00. The molecule has 21 heavy (non-hydrogen) atoms. The molecule has 1 heterocycles. The van der Waals surface area contributed by atoms with Crippen LogP contribution >= 0.6 is 15.9 Å². The van der Waals surface area contributed by atoms with Crippen molar-refractivity contribution < 1.29 is 9.21 Å². The lowest BCUT2D eigenvalue weighted by molar-refractivity contribution is 0.101. The van der Waals surface area contributed by atoms with Crippen molar-refractivity contribution in [1.82, 2.24) is 0 Å². The first kappa shape index (κ1) is 15.3. The molecule has 0 spiro atoms. The van der Waals surface area contributed by atoms with Gasteiger partial charge in [0.05, 0.1) is 10.2 Å². The number of nitrogen functional groups attached to an aromatic ring is 1. The van der Waals surface area contributed by atoms with Crippen LogP contribution in [0.5, 0.6) is 0 Å². The molecule has 3 nitrogen and oxygen atoms in total. The van der Waals surface area contributed by atoms with Gasteiger partial charge in [0, 0.05) is 10.9 Å². The maximum absolute atomic E-state index is 12.4. The van der Waals surface area contributed by atoms with Gasteiger partial charge >= 0.3 is 0 Å². The van der Waals surface area contributed by atoms with E-state index in [0.717, 1.165) is 9.86 Å². The molecule has 108 valence electrons. The van der Waals surface area contributed by atoms with E-state index in [-0.39, 0.29) is 11.5 Å². The second kappa shape index (κ2) is 6.59. The number of ketones is 1. The van der Waals surface area contributed by atoms with E-state index >= 15 is 0 Å². The number of rotatable bonds is 2. The van der Waals surface area contributed by atoms with Crippen LogP contribution in [0.15, 0.2) is 57.4 Å². The molecule has 0 unspecified atom stereocenters. The highest BCUT2D eigenvalue weighted by molar-refractivity contribution is 9.10. The van der Waals surface area contributed by atoms with Crippen molar-refractivity contribution >= 4 is 38.4 Å². The predicted octanol–water partition coefficient (Wildman–Crippen LogP) is 5.03. The Bertz CT molecular complexity index is 763. The van der Waals surface area contributed by atoms with Crippen molar-refractivity contribution in [1.29, 1.82) is 0 Å². The molecule has 0 bridgehead atoms. The summed E-state index contributed by atoms with van der Waals surface area (Å²) in [5.41, 5.74) is 7.55. The number of benzene rings is 2. The van der Waals surface area contributed by atoms with E-state index in [1.165, 1.54) is 0 Å². The zero-order valence-corrected chi connectivity index (χ0v) is 13.5. The molecular formula is C17H16BrNO2. The molecule has 3 rings (SSSR count). The summed E-state index contributed by atoms with van der Waals surface area (Å²) in [6, 6.07) is 14.5. The van der Waals surface area contributed by atoms with Crippen LogP contribution in [0.3, 0.4) is 0 Å². The first-order valence-corrected chi connectivity index (χ1v) is 7.54. The molecule has 0 atom stereocenters. The van der Waals surface area contributed by atoms with Crippen molar-refractivity contribution in [2.24, 2.45) is 0 Å². The van der Waals surface area contributed by atoms with E-state index < -0.39 is 0 Å². The number of hydrogen-bond acceptors (Lipinski definition) is 3. The van der Waals surface area contributed by atoms with Crippen LogP contribution in [-0.4, -0.2) is 5.78 Å². The number of hydrogen-bond donors (Lipinski definition) is 1. The van der Waals surface area contributed by atoms with Gasteiger partial charge in [0.25, 0.3) is 0 Å². The SMILES string of the molecule is CC.Nc1c(C(=O)c2ccccc2)oc2c(Br)cccc12. The number of fused-ring (bicyclic) bond motifs is 1. The van der Waals surface area contributed by atoms with Gasteiger partial charge in [-0.05, 0) is 28.1 Å². The molecule has 0 radical (unpaired) electrons. The maximum atomic E-state index is 12.4. The number of para-hydroxylation sites is 1. The Morgan fingerprint density at radius 2 is 1.71 bits per heavy atom. The van der Waals surface area contributed by atoms with Gasteiger partial charge in [-0.1, -0.05) is 50.2 Å². The molecule has 0 saturated carbocycles. The molecule has 0 aliphatic heterocycles. The Kier molecular flexibility index (Phi) is 4.81. The van der Waals surface area contributed by atoms with Crippen molar-refractivity contribution in [3.05, 3.63) is 64.3 Å². The quantitative estimate of drug-likeness (QED) is 0.662. The van der Waals surface area contributed by atoms with Crippen molar-refractivity contribution in [3.63, 3.8) is 0 Å². The average Bonchev–Trinajstić information content (AvgIpc) is 2.88. The van der Waals surface area contributed by atoms with Gasteiger partial charge in [0.1, 0.15) is 0 Å². The minimum Gasteiger partial charge on any atom is -0.449 e. The third-order valence-corrected chi connectivity index (χ3v) is 3.57. The zero-order chi connectivity index (χ0) is 15.4. The number of furan rings is 1. The summed E-state index contributed by atoms with van der Waals surface area (Å²) in [5.74, 6) is -0.0192. The topological polar surface area (TPSA) is 56.2 Å². The predicted molar refractivity (Wildman–Crippen MR) is 89.5 cm³/mol. The van der Waals surface area contributed by atoms with Crippen LogP contribution < -0.4 is 5.73 Å². The van der Waals surface area contributed by atoms with E-state index in [9.17, 15) is 4.79 Å². The Morgan fingerprint density at radius 1 is 1.05 bits per heavy atom. The monoisotopic (exact) mass is 345 g/mol. The van der Waals surface area contributed by atoms with Crippen LogP contribution in [0.4, 0.5) is 5.69 Å². The largest absolute Gasteiger partial charge is 0.449 e. The molecule has 2 aromatic carbocycles. The fraction of sp³-hybridized carbons (Fsp3) is 0.118. The van der Waals surface area contributed by atoms with Crippen LogP contribution in [0.1, 0.15) is 30.0 Å². The van der Waals surface area contributed by atoms with Gasteiger partial charge in [-0.3, -0.25) is 4.79 Å². The number of anilines is 1. The molecule has 3 aromatic rings. The highest BCUT2D eigenvalue weighted by Crippen LogP contribution is 2.34. The molecule has 0 saturated heterocycles. The Labute approximate surface area is 131 Å². The standard InChI is InChI=1S/C15H10BrNO2.C2H6/c16-11-8-4-7-10-12(17)15(19-14(10)11)13(18)9-5-2-1-3-6-9;1-2/h1-8H,17H2;1-2H3. The summed E-state index contributed by atoms with van der Waals surface area (Å²) in [6.07, 6.45) is 0. The molecule has 0 fully saturated rings. The number of nitrogens with two attached hydrogens (primary N) is 1. The van der Waals surface area contributed by atoms with E-state index in [0.29, 0.717) is 16.8 Å². The first-order valence-electron chi connectivity index (χ1n) is 6.74. The van der Waals surface area contributed by atoms with Gasteiger partial charge in [-0.25, -0.2) is 0 Å². The summed E-state index contributed by atoms with van der Waals surface area (Å²) in [7, 11) is 0. The van der Waals surface area contributed by atoms with Crippen molar-refractivity contribution in [3.8, 4) is 0 Å². The van der Waals surface area contributed by atoms with Gasteiger partial charge in [0.15, 0.2) is 11.3 Å². The first-order chi connectivity index (χ1) is 10.2. The van der Waals surface area contributed by atoms with E-state index in [4.69, 9.17) is 10.2 Å². The number of carbonyl (C=O) groups is 1. The van der Waals surface area contributed by atoms with Crippen molar-refractivity contribution in [2.45, 2.75) is 13.8 Å². The van der Waals surface area contributed by atoms with Gasteiger partial charge in [-0.15, -0.1) is 0 Å². The summed E-state index contributed by atoms with van der Waals surface area (Å²) >= 11 is 3.39. The van der Waals surface area contributed by atoms with Gasteiger partial charge < -0.3 is 10.2 Å². The maximum Gasteiger partial charge on any atom is 0.230 e. The molecule has 0 aliphatic carbocycles. The second-order valence-corrected chi connectivity index (χ2v) is 5.01. The van der Waals surface area contributed by atoms with Gasteiger partial charge in [-0.2, -0.15) is 0 Å². The van der Waals surface area contributed by atoms with E-state index in [1.807, 2.05) is 50.2 Å². The fourth-order valence-corrected chi connectivity index (χ4v) is 2.44. The highest BCUT2D eigenvalue weighted by Gasteiger charge is 2.20. The number of carbonyl (C=O) groups excluding carboxylic acids is 1. The minimum atomic E-state index is -0.207. The molecule has 4 heteroatoms. The molecule has 2 N–H and O–H groups in total. The average molecular weight is 346 g/mol. The molecule has 1 aromatic heterocycles. The lowest BCUT2D eigenvalue weighted by Gasteiger charge is -1.97. The Hall–Kier alpha value is -2.07. The summed E-state index contributed by atoms with van der Waals surface area (Å²) in [4.78, 5) is 12.4. The highest BCUT2D eigenvalue weighted by atomic mass is 79.9. The number of halogens is 1. The minimum absolute atomic E-state index is 0.188. The van der Waals surface area contributed by atoms with E-state index in [2.05, 4.69) is 15.9 Å². The summed E-state index contributed by atoms with van der Waals surface area (Å²) < 4.78 is 6.41. The van der Waals surface area contributed by atoms with Crippen molar-refractivity contribution in [2.75, 3.05) is 5.73 Å². The van der Waals surface area contributed by atoms with Crippen LogP contribution in [-0.2, 0) is 0 Å². The molecular weight excluding hydrogens is 330 g/mol. The van der Waals surface area contributed by atoms with Crippen LogP contribution in [0.2, 0.25) is 0 Å². The van der Waals surface area contributed by atoms with Crippen LogP contribution in [0.25, 0.3) is 11.0 Å². The smallest absolute Gasteiger partial charge is 0.230 e. The van der Waals surface area contributed by atoms with Gasteiger partial charge in [0.2, 0.25) is 5.78 Å². The lowest BCUT2D eigenvalue weighted by Crippen LogP contribution is -2.02.